The number of anilines is 1. The molecule has 1 unspecified atom stereocenters. The van der Waals surface area contributed by atoms with Gasteiger partial charge in [-0.15, -0.1) is 0 Å². The van der Waals surface area contributed by atoms with E-state index in [1.165, 1.54) is 5.56 Å². The molecule has 0 radical (unpaired) electrons. The van der Waals surface area contributed by atoms with Crippen molar-refractivity contribution >= 4 is 5.82 Å². The summed E-state index contributed by atoms with van der Waals surface area (Å²) in [5.41, 5.74) is 1.82. The Kier molecular flexibility index (Phi) is 3.59. The molecule has 0 aliphatic heterocycles. The van der Waals surface area contributed by atoms with E-state index >= 15 is 0 Å². The lowest BCUT2D eigenvalue weighted by Gasteiger charge is -2.26. The van der Waals surface area contributed by atoms with Crippen LogP contribution >= 0.6 is 0 Å². The Bertz CT molecular complexity index is 540. The monoisotopic (exact) mass is 237 g/mol. The number of hydrogen-bond acceptors (Lipinski definition) is 3. The highest BCUT2D eigenvalue weighted by atomic mass is 15.2. The van der Waals surface area contributed by atoms with E-state index in [2.05, 4.69) is 35.0 Å². The molecule has 0 aliphatic carbocycles. The van der Waals surface area contributed by atoms with Gasteiger partial charge in [-0.3, -0.25) is 0 Å². The number of benzene rings is 1. The highest BCUT2D eigenvalue weighted by Gasteiger charge is 2.12. The highest BCUT2D eigenvalue weighted by molar-refractivity contribution is 5.43. The van der Waals surface area contributed by atoms with Gasteiger partial charge in [-0.2, -0.15) is 5.26 Å². The van der Waals surface area contributed by atoms with Gasteiger partial charge in [-0.25, -0.2) is 4.98 Å². The van der Waals surface area contributed by atoms with Gasteiger partial charge < -0.3 is 4.90 Å². The third kappa shape index (κ3) is 2.49. The van der Waals surface area contributed by atoms with Crippen LogP contribution in [-0.2, 0) is 0 Å². The molecule has 1 aromatic heterocycles. The van der Waals surface area contributed by atoms with E-state index in [1.54, 1.807) is 12.3 Å². The summed E-state index contributed by atoms with van der Waals surface area (Å²) in [6, 6.07) is 16.3. The van der Waals surface area contributed by atoms with Crippen LogP contribution < -0.4 is 4.90 Å². The third-order valence-corrected chi connectivity index (χ3v) is 3.10. The summed E-state index contributed by atoms with van der Waals surface area (Å²) in [5, 5.41) is 8.75. The number of nitriles is 1. The van der Waals surface area contributed by atoms with E-state index < -0.39 is 0 Å². The average molecular weight is 237 g/mol. The molecule has 0 amide bonds. The average Bonchev–Trinajstić information content (AvgIpc) is 2.47. The molecule has 0 fully saturated rings. The van der Waals surface area contributed by atoms with Crippen molar-refractivity contribution in [2.24, 2.45) is 0 Å². The molecule has 0 aliphatic rings. The molecule has 3 heteroatoms. The van der Waals surface area contributed by atoms with Gasteiger partial charge in [-0.1, -0.05) is 30.3 Å². The number of aromatic nitrogens is 1. The number of rotatable bonds is 3. The molecule has 18 heavy (non-hydrogen) atoms. The van der Waals surface area contributed by atoms with E-state index in [1.807, 2.05) is 31.3 Å². The lowest BCUT2D eigenvalue weighted by molar-refractivity contribution is 0.729. The van der Waals surface area contributed by atoms with Crippen molar-refractivity contribution in [1.82, 2.24) is 4.98 Å². The van der Waals surface area contributed by atoms with Gasteiger partial charge in [0, 0.05) is 13.2 Å². The Hall–Kier alpha value is -2.34. The molecule has 1 heterocycles. The fourth-order valence-electron chi connectivity index (χ4n) is 1.81. The predicted molar refractivity (Wildman–Crippen MR) is 72.2 cm³/mol. The second-order valence-corrected chi connectivity index (χ2v) is 4.21. The van der Waals surface area contributed by atoms with Crippen LogP contribution in [0.5, 0.6) is 0 Å². The lowest BCUT2D eigenvalue weighted by atomic mass is 10.1. The second kappa shape index (κ2) is 5.33. The van der Waals surface area contributed by atoms with Crippen LogP contribution in [-0.4, -0.2) is 12.0 Å². The maximum absolute atomic E-state index is 8.75. The number of nitrogens with zero attached hydrogens (tertiary/aromatic N) is 3. The van der Waals surface area contributed by atoms with E-state index in [0.717, 1.165) is 5.82 Å². The van der Waals surface area contributed by atoms with Crippen LogP contribution in [0.1, 0.15) is 24.1 Å². The summed E-state index contributed by atoms with van der Waals surface area (Å²) >= 11 is 0. The Morgan fingerprint density at radius 3 is 2.44 bits per heavy atom. The first-order valence-corrected chi connectivity index (χ1v) is 5.86. The van der Waals surface area contributed by atoms with E-state index in [9.17, 15) is 0 Å². The summed E-state index contributed by atoms with van der Waals surface area (Å²) in [7, 11) is 2.01. The van der Waals surface area contributed by atoms with Gasteiger partial charge >= 0.3 is 0 Å². The van der Waals surface area contributed by atoms with Crippen molar-refractivity contribution < 1.29 is 0 Å². The van der Waals surface area contributed by atoms with E-state index in [-0.39, 0.29) is 6.04 Å². The highest BCUT2D eigenvalue weighted by Crippen LogP contribution is 2.23. The third-order valence-electron chi connectivity index (χ3n) is 3.10. The number of hydrogen-bond donors (Lipinski definition) is 0. The quantitative estimate of drug-likeness (QED) is 0.823. The molecule has 90 valence electrons. The largest absolute Gasteiger partial charge is 0.353 e. The zero-order valence-electron chi connectivity index (χ0n) is 10.5. The Morgan fingerprint density at radius 2 is 1.89 bits per heavy atom. The first-order chi connectivity index (χ1) is 8.72. The topological polar surface area (TPSA) is 39.9 Å². The molecule has 0 saturated carbocycles. The zero-order chi connectivity index (χ0) is 13.0. The van der Waals surface area contributed by atoms with Crippen LogP contribution in [0.2, 0.25) is 0 Å². The summed E-state index contributed by atoms with van der Waals surface area (Å²) < 4.78 is 0. The first-order valence-electron chi connectivity index (χ1n) is 5.86. The van der Waals surface area contributed by atoms with Crippen molar-refractivity contribution in [3.8, 4) is 6.07 Å². The van der Waals surface area contributed by atoms with Gasteiger partial charge in [0.05, 0.1) is 11.6 Å². The Balaban J connectivity index is 2.20. The SMILES string of the molecule is CC(c1ccccc1)N(C)c1ccc(C#N)cn1. The minimum absolute atomic E-state index is 0.242. The Labute approximate surface area is 107 Å². The van der Waals surface area contributed by atoms with Crippen LogP contribution in [0.3, 0.4) is 0 Å². The molecular weight excluding hydrogens is 222 g/mol. The van der Waals surface area contributed by atoms with Crippen molar-refractivity contribution in [1.29, 1.82) is 5.26 Å². The lowest BCUT2D eigenvalue weighted by Crippen LogP contribution is -2.22. The minimum Gasteiger partial charge on any atom is -0.353 e. The summed E-state index contributed by atoms with van der Waals surface area (Å²) in [6.45, 7) is 2.13. The van der Waals surface area contributed by atoms with E-state index in [0.29, 0.717) is 5.56 Å². The van der Waals surface area contributed by atoms with Crippen LogP contribution in [0.15, 0.2) is 48.7 Å². The predicted octanol–water partition coefficient (Wildman–Crippen LogP) is 3.15. The molecule has 2 aromatic rings. The van der Waals surface area contributed by atoms with Gasteiger partial charge in [0.15, 0.2) is 0 Å². The summed E-state index contributed by atoms with van der Waals surface area (Å²) in [5.74, 6) is 0.866. The molecule has 1 aromatic carbocycles. The number of pyridine rings is 1. The van der Waals surface area contributed by atoms with Crippen molar-refractivity contribution in [3.05, 3.63) is 59.8 Å². The summed E-state index contributed by atoms with van der Waals surface area (Å²) in [4.78, 5) is 6.39. The van der Waals surface area contributed by atoms with Crippen molar-refractivity contribution in [3.63, 3.8) is 0 Å². The smallest absolute Gasteiger partial charge is 0.128 e. The molecule has 1 atom stereocenters. The normalized spacial score (nSPS) is 11.6. The Morgan fingerprint density at radius 1 is 1.17 bits per heavy atom. The standard InChI is InChI=1S/C15H15N3/c1-12(14-6-4-3-5-7-14)18(2)15-9-8-13(10-16)11-17-15/h3-9,11-12H,1-2H3. The maximum Gasteiger partial charge on any atom is 0.128 e. The maximum atomic E-state index is 8.75. The first kappa shape index (κ1) is 12.1. The molecular formula is C15H15N3. The minimum atomic E-state index is 0.242. The fraction of sp³-hybridized carbons (Fsp3) is 0.200. The molecule has 3 nitrogen and oxygen atoms in total. The molecule has 0 N–H and O–H groups in total. The molecule has 0 bridgehead atoms. The van der Waals surface area contributed by atoms with Crippen molar-refractivity contribution in [2.75, 3.05) is 11.9 Å². The van der Waals surface area contributed by atoms with E-state index in [4.69, 9.17) is 5.26 Å². The molecule has 0 saturated heterocycles. The van der Waals surface area contributed by atoms with Crippen LogP contribution in [0, 0.1) is 11.3 Å². The fourth-order valence-corrected chi connectivity index (χ4v) is 1.81. The van der Waals surface area contributed by atoms with Crippen LogP contribution in [0.4, 0.5) is 5.82 Å². The second-order valence-electron chi connectivity index (χ2n) is 4.21. The van der Waals surface area contributed by atoms with Gasteiger partial charge in [0.2, 0.25) is 0 Å². The van der Waals surface area contributed by atoms with Gasteiger partial charge in [-0.05, 0) is 24.6 Å². The van der Waals surface area contributed by atoms with Gasteiger partial charge in [0.25, 0.3) is 0 Å². The zero-order valence-corrected chi connectivity index (χ0v) is 10.5. The molecule has 2 rings (SSSR count). The molecule has 0 spiro atoms. The van der Waals surface area contributed by atoms with Crippen molar-refractivity contribution in [2.45, 2.75) is 13.0 Å². The van der Waals surface area contributed by atoms with Crippen LogP contribution in [0.25, 0.3) is 0 Å². The summed E-state index contributed by atoms with van der Waals surface area (Å²) in [6.07, 6.45) is 1.60. The van der Waals surface area contributed by atoms with Gasteiger partial charge in [0.1, 0.15) is 11.9 Å².